The first-order valence-corrected chi connectivity index (χ1v) is 15.6. The molecule has 0 bridgehead atoms. The lowest BCUT2D eigenvalue weighted by atomic mass is 10.0. The number of pyridine rings is 1. The molecule has 4 rings (SSSR count). The van der Waals surface area contributed by atoms with Crippen LogP contribution >= 0.6 is 0 Å². The molecule has 12 heteroatoms. The van der Waals surface area contributed by atoms with E-state index in [0.29, 0.717) is 17.4 Å². The number of hydrogen-bond donors (Lipinski definition) is 3. The smallest absolute Gasteiger partial charge is 0.382 e. The Hall–Kier alpha value is -3.27. The molecule has 1 fully saturated rings. The molecule has 0 unspecified atom stereocenters. The SMILES string of the molecule is CC(C)(N)c1ccc(NCC#Cc2cc3c(NC4CCN(CCS(C)(=O)=O)CC4)cccc3n2CC(F)(F)F)cn1. The van der Waals surface area contributed by atoms with Gasteiger partial charge in [-0.2, -0.15) is 13.2 Å². The number of rotatable bonds is 9. The highest BCUT2D eigenvalue weighted by Crippen LogP contribution is 2.31. The van der Waals surface area contributed by atoms with Gasteiger partial charge in [-0.05, 0) is 62.9 Å². The zero-order chi connectivity index (χ0) is 29.8. The summed E-state index contributed by atoms with van der Waals surface area (Å²) in [6, 6.07) is 10.8. The van der Waals surface area contributed by atoms with Crippen LogP contribution in [0.15, 0.2) is 42.6 Å². The zero-order valence-corrected chi connectivity index (χ0v) is 24.4. The van der Waals surface area contributed by atoms with Crippen LogP contribution in [0.3, 0.4) is 0 Å². The largest absolute Gasteiger partial charge is 0.406 e. The number of aromatic nitrogens is 2. The minimum atomic E-state index is -4.41. The first-order chi connectivity index (χ1) is 19.2. The summed E-state index contributed by atoms with van der Waals surface area (Å²) in [5.74, 6) is 5.99. The number of likely N-dealkylation sites (tertiary alicyclic amines) is 1. The standard InChI is InChI=1S/C29H37F3N6O2S/c1-28(2,33)27-10-9-22(19-35-27)34-13-5-6-23-18-24-25(7-4-8-26(24)38(23)20-29(30,31)32)36-21-11-14-37(15-12-21)16-17-41(3,39)40/h4,7-10,18-19,21,34,36H,11-17,20,33H2,1-3H3. The molecule has 0 radical (unpaired) electrons. The maximum absolute atomic E-state index is 13.5. The molecule has 0 spiro atoms. The fourth-order valence-corrected chi connectivity index (χ4v) is 5.43. The highest BCUT2D eigenvalue weighted by Gasteiger charge is 2.30. The van der Waals surface area contributed by atoms with Gasteiger partial charge in [-0.1, -0.05) is 12.0 Å². The van der Waals surface area contributed by atoms with E-state index in [1.54, 1.807) is 24.4 Å². The van der Waals surface area contributed by atoms with E-state index in [0.717, 1.165) is 43.0 Å². The quantitative estimate of drug-likeness (QED) is 0.321. The van der Waals surface area contributed by atoms with Crippen LogP contribution in [0.2, 0.25) is 0 Å². The minimum Gasteiger partial charge on any atom is -0.382 e. The van der Waals surface area contributed by atoms with Crippen molar-refractivity contribution in [1.82, 2.24) is 14.5 Å². The molecule has 0 atom stereocenters. The Balaban J connectivity index is 1.48. The molecule has 3 heterocycles. The van der Waals surface area contributed by atoms with E-state index in [4.69, 9.17) is 5.73 Å². The number of anilines is 2. The van der Waals surface area contributed by atoms with Gasteiger partial charge in [0, 0.05) is 43.0 Å². The second kappa shape index (κ2) is 12.3. The predicted octanol–water partition coefficient (Wildman–Crippen LogP) is 4.18. The molecule has 3 aromatic rings. The lowest BCUT2D eigenvalue weighted by Gasteiger charge is -2.32. The van der Waals surface area contributed by atoms with Crippen molar-refractivity contribution in [2.75, 3.05) is 48.8 Å². The Morgan fingerprint density at radius 1 is 1.15 bits per heavy atom. The molecule has 1 aliphatic heterocycles. The number of sulfone groups is 1. The summed E-state index contributed by atoms with van der Waals surface area (Å²) in [6.07, 6.45) is 0.0927. The van der Waals surface area contributed by atoms with Gasteiger partial charge >= 0.3 is 6.18 Å². The first-order valence-electron chi connectivity index (χ1n) is 13.5. The monoisotopic (exact) mass is 590 g/mol. The van der Waals surface area contributed by atoms with Crippen molar-refractivity contribution in [3.8, 4) is 11.8 Å². The van der Waals surface area contributed by atoms with E-state index >= 15 is 0 Å². The van der Waals surface area contributed by atoms with Gasteiger partial charge in [0.1, 0.15) is 16.4 Å². The third-order valence-corrected chi connectivity index (χ3v) is 7.95. The molecule has 2 aromatic heterocycles. The fraction of sp³-hybridized carbons (Fsp3) is 0.483. The Kier molecular flexibility index (Phi) is 9.21. The topological polar surface area (TPSA) is 105 Å². The molecule has 1 saturated heterocycles. The van der Waals surface area contributed by atoms with E-state index in [9.17, 15) is 21.6 Å². The molecular weight excluding hydrogens is 553 g/mol. The first kappa shape index (κ1) is 30.7. The van der Waals surface area contributed by atoms with E-state index in [1.807, 2.05) is 32.0 Å². The van der Waals surface area contributed by atoms with Crippen LogP contribution in [0.4, 0.5) is 24.5 Å². The molecule has 0 saturated carbocycles. The normalized spacial score (nSPS) is 15.5. The van der Waals surface area contributed by atoms with Gasteiger partial charge in [0.25, 0.3) is 0 Å². The number of alkyl halides is 3. The second-order valence-electron chi connectivity index (χ2n) is 11.2. The lowest BCUT2D eigenvalue weighted by molar-refractivity contribution is -0.140. The van der Waals surface area contributed by atoms with E-state index in [-0.39, 0.29) is 24.0 Å². The highest BCUT2D eigenvalue weighted by molar-refractivity contribution is 7.90. The summed E-state index contributed by atoms with van der Waals surface area (Å²) in [5, 5.41) is 7.31. The van der Waals surface area contributed by atoms with Gasteiger partial charge in [0.05, 0.1) is 46.6 Å². The van der Waals surface area contributed by atoms with Crippen molar-refractivity contribution in [3.63, 3.8) is 0 Å². The number of piperidine rings is 1. The maximum atomic E-state index is 13.5. The molecule has 1 aromatic carbocycles. The lowest BCUT2D eigenvalue weighted by Crippen LogP contribution is -2.41. The second-order valence-corrected chi connectivity index (χ2v) is 13.4. The van der Waals surface area contributed by atoms with Crippen LogP contribution in [-0.4, -0.2) is 73.3 Å². The van der Waals surface area contributed by atoms with Crippen LogP contribution < -0.4 is 16.4 Å². The summed E-state index contributed by atoms with van der Waals surface area (Å²) in [5.41, 5.74) is 8.47. The van der Waals surface area contributed by atoms with E-state index < -0.39 is 28.1 Å². The van der Waals surface area contributed by atoms with Gasteiger partial charge < -0.3 is 25.8 Å². The van der Waals surface area contributed by atoms with Gasteiger partial charge in [0.15, 0.2) is 0 Å². The molecule has 4 N–H and O–H groups in total. The van der Waals surface area contributed by atoms with E-state index in [1.165, 1.54) is 10.8 Å². The number of fused-ring (bicyclic) bond motifs is 1. The number of nitrogens with zero attached hydrogens (tertiary/aromatic N) is 3. The van der Waals surface area contributed by atoms with Crippen molar-refractivity contribution in [1.29, 1.82) is 0 Å². The fourth-order valence-electron chi connectivity index (χ4n) is 4.84. The number of halogens is 3. The summed E-state index contributed by atoms with van der Waals surface area (Å²) in [4.78, 5) is 6.48. The van der Waals surface area contributed by atoms with E-state index in [2.05, 4.69) is 32.4 Å². The molecule has 1 aliphatic rings. The van der Waals surface area contributed by atoms with Crippen molar-refractivity contribution in [3.05, 3.63) is 54.0 Å². The molecule has 222 valence electrons. The van der Waals surface area contributed by atoms with Crippen molar-refractivity contribution in [2.24, 2.45) is 5.73 Å². The summed E-state index contributed by atoms with van der Waals surface area (Å²) in [6.45, 7) is 4.82. The number of nitrogens with one attached hydrogen (secondary N) is 2. The maximum Gasteiger partial charge on any atom is 0.406 e. The molecule has 0 amide bonds. The Labute approximate surface area is 239 Å². The third-order valence-electron chi connectivity index (χ3n) is 7.03. The van der Waals surface area contributed by atoms with Crippen LogP contribution in [0.1, 0.15) is 38.1 Å². The van der Waals surface area contributed by atoms with Crippen molar-refractivity contribution >= 4 is 32.1 Å². The molecular formula is C29H37F3N6O2S. The van der Waals surface area contributed by atoms with Crippen LogP contribution in [0, 0.1) is 11.8 Å². The van der Waals surface area contributed by atoms with Crippen molar-refractivity contribution < 1.29 is 21.6 Å². The van der Waals surface area contributed by atoms with Crippen LogP contribution in [0.5, 0.6) is 0 Å². The zero-order valence-electron chi connectivity index (χ0n) is 23.6. The Bertz CT molecular complexity index is 1510. The number of nitrogens with two attached hydrogens (primary N) is 1. The van der Waals surface area contributed by atoms with Crippen LogP contribution in [-0.2, 0) is 21.9 Å². The molecule has 41 heavy (non-hydrogen) atoms. The number of hydrogen-bond acceptors (Lipinski definition) is 7. The van der Waals surface area contributed by atoms with Gasteiger partial charge in [-0.25, -0.2) is 8.42 Å². The van der Waals surface area contributed by atoms with Gasteiger partial charge in [0.2, 0.25) is 0 Å². The molecule has 0 aliphatic carbocycles. The highest BCUT2D eigenvalue weighted by atomic mass is 32.2. The summed E-state index contributed by atoms with van der Waals surface area (Å²) < 4.78 is 64.8. The van der Waals surface area contributed by atoms with Crippen LogP contribution in [0.25, 0.3) is 10.9 Å². The Morgan fingerprint density at radius 3 is 2.49 bits per heavy atom. The average Bonchev–Trinajstić information content (AvgIpc) is 3.22. The van der Waals surface area contributed by atoms with Crippen molar-refractivity contribution in [2.45, 2.75) is 51.0 Å². The number of benzene rings is 1. The Morgan fingerprint density at radius 2 is 1.88 bits per heavy atom. The summed E-state index contributed by atoms with van der Waals surface area (Å²) >= 11 is 0. The van der Waals surface area contributed by atoms with Gasteiger partial charge in [-0.3, -0.25) is 4.98 Å². The minimum absolute atomic E-state index is 0.129. The molecule has 8 nitrogen and oxygen atoms in total. The average molecular weight is 591 g/mol. The predicted molar refractivity (Wildman–Crippen MR) is 158 cm³/mol. The third kappa shape index (κ3) is 8.86. The summed E-state index contributed by atoms with van der Waals surface area (Å²) in [7, 11) is -3.02. The van der Waals surface area contributed by atoms with Gasteiger partial charge in [-0.15, -0.1) is 0 Å².